The predicted molar refractivity (Wildman–Crippen MR) is 109 cm³/mol. The molecular formula is C19H24N6O3S. The predicted octanol–water partition coefficient (Wildman–Crippen LogP) is 3.63. The van der Waals surface area contributed by atoms with E-state index in [1.807, 2.05) is 0 Å². The zero-order chi connectivity index (χ0) is 20.7. The summed E-state index contributed by atoms with van der Waals surface area (Å²) in [6, 6.07) is 0.484. The van der Waals surface area contributed by atoms with Gasteiger partial charge in [-0.3, -0.25) is 0 Å². The van der Waals surface area contributed by atoms with Crippen molar-refractivity contribution in [2.45, 2.75) is 63.4 Å². The molecule has 0 radical (unpaired) electrons. The number of nitrogens with zero attached hydrogens (tertiary/aromatic N) is 5. The summed E-state index contributed by atoms with van der Waals surface area (Å²) >= 11 is 1.52. The molecule has 0 aliphatic heterocycles. The highest BCUT2D eigenvalue weighted by Gasteiger charge is 2.30. The van der Waals surface area contributed by atoms with Crippen LogP contribution in [0.4, 0.5) is 5.82 Å². The molecule has 0 atom stereocenters. The summed E-state index contributed by atoms with van der Waals surface area (Å²) in [6.45, 7) is 7.94. The number of carbonyl (C=O) groups is 1. The van der Waals surface area contributed by atoms with Crippen LogP contribution in [0.5, 0.6) is 0 Å². The lowest BCUT2D eigenvalue weighted by Gasteiger charge is -2.10. The lowest BCUT2D eigenvalue weighted by atomic mass is 10.2. The number of thioether (sulfide) groups is 1. The number of furan rings is 1. The maximum Gasteiger partial charge on any atom is 0.342 e. The van der Waals surface area contributed by atoms with E-state index in [1.165, 1.54) is 11.8 Å². The molecule has 4 rings (SSSR count). The molecule has 0 bridgehead atoms. The van der Waals surface area contributed by atoms with Crippen molar-refractivity contribution in [2.24, 2.45) is 0 Å². The molecule has 0 amide bonds. The Bertz CT molecular complexity index is 1070. The summed E-state index contributed by atoms with van der Waals surface area (Å²) in [7, 11) is 0. The number of hydrogen-bond acceptors (Lipinski definition) is 9. The number of ether oxygens (including phenoxy) is 1. The van der Waals surface area contributed by atoms with Crippen LogP contribution >= 0.6 is 11.8 Å². The minimum atomic E-state index is -0.486. The van der Waals surface area contributed by atoms with Gasteiger partial charge in [-0.05, 0) is 26.7 Å². The minimum Gasteiger partial charge on any atom is -0.462 e. The van der Waals surface area contributed by atoms with Crippen molar-refractivity contribution in [3.8, 4) is 0 Å². The molecule has 0 unspecified atom stereocenters. The van der Waals surface area contributed by atoms with E-state index in [0.717, 1.165) is 23.8 Å². The van der Waals surface area contributed by atoms with Crippen LogP contribution in [0.2, 0.25) is 0 Å². The second kappa shape index (κ2) is 7.66. The van der Waals surface area contributed by atoms with Crippen molar-refractivity contribution < 1.29 is 13.9 Å². The summed E-state index contributed by atoms with van der Waals surface area (Å²) < 4.78 is 13.0. The summed E-state index contributed by atoms with van der Waals surface area (Å²) in [4.78, 5) is 21.1. The van der Waals surface area contributed by atoms with E-state index in [1.54, 1.807) is 13.8 Å². The van der Waals surface area contributed by atoms with Gasteiger partial charge in [0, 0.05) is 12.0 Å². The van der Waals surface area contributed by atoms with Crippen LogP contribution in [-0.2, 0) is 10.5 Å². The Balaban J connectivity index is 1.61. The van der Waals surface area contributed by atoms with Gasteiger partial charge < -0.3 is 19.5 Å². The van der Waals surface area contributed by atoms with Crippen molar-refractivity contribution in [1.29, 1.82) is 0 Å². The quantitative estimate of drug-likeness (QED) is 0.454. The monoisotopic (exact) mass is 416 g/mol. The van der Waals surface area contributed by atoms with Gasteiger partial charge >= 0.3 is 5.97 Å². The molecule has 9 nitrogen and oxygen atoms in total. The average molecular weight is 417 g/mol. The highest BCUT2D eigenvalue weighted by Crippen LogP contribution is 2.40. The Morgan fingerprint density at radius 3 is 2.76 bits per heavy atom. The van der Waals surface area contributed by atoms with E-state index in [2.05, 4.69) is 38.6 Å². The summed E-state index contributed by atoms with van der Waals surface area (Å²) in [5.74, 6) is 2.44. The van der Waals surface area contributed by atoms with Crippen LogP contribution in [0.25, 0.3) is 11.1 Å². The average Bonchev–Trinajstić information content (AvgIpc) is 3.31. The second-order valence-electron chi connectivity index (χ2n) is 7.34. The van der Waals surface area contributed by atoms with Gasteiger partial charge in [-0.15, -0.1) is 10.2 Å². The van der Waals surface area contributed by atoms with Crippen LogP contribution in [0.15, 0.2) is 9.57 Å². The topological polar surface area (TPSA) is 122 Å². The standard InChI is InChI=1S/C19H24N6O3S/c1-5-27-18(26)13-10(4)28-17-14(13)15(20)21-12(22-17)8-29-19-24-23-16(9(2)3)25(19)11-6-7-11/h9,11H,5-8H2,1-4H3,(H2,20,21,22). The number of nitrogens with two attached hydrogens (primary N) is 1. The number of aromatic nitrogens is 5. The van der Waals surface area contributed by atoms with Gasteiger partial charge in [-0.2, -0.15) is 4.98 Å². The summed E-state index contributed by atoms with van der Waals surface area (Å²) in [5, 5.41) is 9.99. The fraction of sp³-hybridized carbons (Fsp3) is 0.526. The number of hydrogen-bond donors (Lipinski definition) is 1. The molecule has 154 valence electrons. The first kappa shape index (κ1) is 19.7. The molecule has 10 heteroatoms. The third-order valence-electron chi connectivity index (χ3n) is 4.73. The molecule has 3 aromatic heterocycles. The third-order valence-corrected chi connectivity index (χ3v) is 5.67. The number of esters is 1. The number of anilines is 1. The maximum atomic E-state index is 12.2. The molecule has 1 aliphatic carbocycles. The van der Waals surface area contributed by atoms with Gasteiger partial charge in [0.1, 0.15) is 28.8 Å². The van der Waals surface area contributed by atoms with Crippen molar-refractivity contribution in [3.63, 3.8) is 0 Å². The molecule has 29 heavy (non-hydrogen) atoms. The fourth-order valence-corrected chi connectivity index (χ4v) is 4.15. The highest BCUT2D eigenvalue weighted by atomic mass is 32.2. The van der Waals surface area contributed by atoms with Crippen LogP contribution in [0.1, 0.15) is 73.3 Å². The first-order valence-electron chi connectivity index (χ1n) is 9.70. The summed E-state index contributed by atoms with van der Waals surface area (Å²) in [6.07, 6.45) is 2.31. The SMILES string of the molecule is CCOC(=O)c1c(C)oc2nc(CSc3nnc(C(C)C)n3C3CC3)nc(N)c12. The minimum absolute atomic E-state index is 0.206. The van der Waals surface area contributed by atoms with Crippen LogP contribution < -0.4 is 5.73 Å². The zero-order valence-corrected chi connectivity index (χ0v) is 17.7. The van der Waals surface area contributed by atoms with E-state index in [0.29, 0.717) is 40.4 Å². The molecule has 0 saturated heterocycles. The molecule has 0 aromatic carbocycles. The molecule has 3 heterocycles. The van der Waals surface area contributed by atoms with Gasteiger partial charge in [-0.1, -0.05) is 25.6 Å². The molecule has 0 spiro atoms. The Kier molecular flexibility index (Phi) is 5.20. The Hall–Kier alpha value is -2.62. The molecule has 1 fully saturated rings. The Labute approximate surface area is 172 Å². The van der Waals surface area contributed by atoms with Crippen molar-refractivity contribution in [3.05, 3.63) is 23.0 Å². The fourth-order valence-electron chi connectivity index (χ4n) is 3.28. The lowest BCUT2D eigenvalue weighted by Crippen LogP contribution is -2.07. The summed E-state index contributed by atoms with van der Waals surface area (Å²) in [5.41, 5.74) is 6.72. The molecule has 2 N–H and O–H groups in total. The van der Waals surface area contributed by atoms with E-state index in [4.69, 9.17) is 14.9 Å². The molecule has 1 aliphatic rings. The largest absolute Gasteiger partial charge is 0.462 e. The maximum absolute atomic E-state index is 12.2. The van der Waals surface area contributed by atoms with E-state index < -0.39 is 5.97 Å². The molecular weight excluding hydrogens is 392 g/mol. The lowest BCUT2D eigenvalue weighted by molar-refractivity contribution is 0.0526. The van der Waals surface area contributed by atoms with Gasteiger partial charge in [0.15, 0.2) is 5.16 Å². The number of nitrogen functional groups attached to an aromatic ring is 1. The number of fused-ring (bicyclic) bond motifs is 1. The van der Waals surface area contributed by atoms with Crippen molar-refractivity contribution in [2.75, 3.05) is 12.3 Å². The van der Waals surface area contributed by atoms with E-state index in [9.17, 15) is 4.79 Å². The number of aryl methyl sites for hydroxylation is 1. The second-order valence-corrected chi connectivity index (χ2v) is 8.29. The molecule has 3 aromatic rings. The van der Waals surface area contributed by atoms with Crippen LogP contribution in [0, 0.1) is 6.92 Å². The number of rotatable bonds is 7. The first-order valence-corrected chi connectivity index (χ1v) is 10.7. The first-order chi connectivity index (χ1) is 13.9. The number of carbonyl (C=O) groups excluding carboxylic acids is 1. The van der Waals surface area contributed by atoms with E-state index >= 15 is 0 Å². The molecule has 1 saturated carbocycles. The highest BCUT2D eigenvalue weighted by molar-refractivity contribution is 7.98. The normalized spacial score (nSPS) is 14.1. The Morgan fingerprint density at radius 2 is 2.10 bits per heavy atom. The van der Waals surface area contributed by atoms with Gasteiger partial charge in [0.25, 0.3) is 0 Å². The van der Waals surface area contributed by atoms with Gasteiger partial charge in [0.05, 0.1) is 17.7 Å². The zero-order valence-electron chi connectivity index (χ0n) is 16.9. The van der Waals surface area contributed by atoms with Crippen LogP contribution in [0.3, 0.4) is 0 Å². The van der Waals surface area contributed by atoms with Crippen molar-refractivity contribution >= 4 is 34.6 Å². The van der Waals surface area contributed by atoms with Gasteiger partial charge in [-0.25, -0.2) is 9.78 Å². The Morgan fingerprint density at radius 1 is 1.34 bits per heavy atom. The van der Waals surface area contributed by atoms with Gasteiger partial charge in [0.2, 0.25) is 5.71 Å². The van der Waals surface area contributed by atoms with Crippen molar-refractivity contribution in [1.82, 2.24) is 24.7 Å². The smallest absolute Gasteiger partial charge is 0.342 e. The van der Waals surface area contributed by atoms with Crippen LogP contribution in [-0.4, -0.2) is 37.3 Å². The van der Waals surface area contributed by atoms with E-state index in [-0.39, 0.29) is 18.0 Å². The third kappa shape index (κ3) is 3.68.